The molecule has 2 rings (SSSR count). The van der Waals surface area contributed by atoms with E-state index in [1.807, 2.05) is 0 Å². The standard InChI is InChI=1S/C15H28N4/c1-4-14-10-15(19(5-2)17-14)12-18(3)11-13-6-8-16-9-7-13/h10,13,16H,4-9,11-12H2,1-3H3. The SMILES string of the molecule is CCc1cc(CN(C)CC2CCNCC2)n(CC)n1. The number of aryl methyl sites for hydroxylation is 2. The van der Waals surface area contributed by atoms with E-state index < -0.39 is 0 Å². The molecule has 0 atom stereocenters. The fourth-order valence-electron chi connectivity index (χ4n) is 2.93. The van der Waals surface area contributed by atoms with Crippen LogP contribution in [-0.4, -0.2) is 41.4 Å². The zero-order valence-electron chi connectivity index (χ0n) is 12.7. The van der Waals surface area contributed by atoms with Crippen molar-refractivity contribution in [3.8, 4) is 0 Å². The molecule has 108 valence electrons. The van der Waals surface area contributed by atoms with Gasteiger partial charge in [-0.2, -0.15) is 5.10 Å². The molecule has 0 unspecified atom stereocenters. The van der Waals surface area contributed by atoms with Crippen LogP contribution in [-0.2, 0) is 19.5 Å². The molecule has 1 N–H and O–H groups in total. The number of hydrogen-bond donors (Lipinski definition) is 1. The topological polar surface area (TPSA) is 33.1 Å². The van der Waals surface area contributed by atoms with Crippen molar-refractivity contribution in [2.45, 2.75) is 46.2 Å². The fourth-order valence-corrected chi connectivity index (χ4v) is 2.93. The van der Waals surface area contributed by atoms with Crippen molar-refractivity contribution in [2.75, 3.05) is 26.7 Å². The van der Waals surface area contributed by atoms with Crippen LogP contribution in [0.25, 0.3) is 0 Å². The zero-order valence-corrected chi connectivity index (χ0v) is 12.7. The van der Waals surface area contributed by atoms with Gasteiger partial charge in [-0.1, -0.05) is 6.92 Å². The Morgan fingerprint density at radius 1 is 1.37 bits per heavy atom. The first kappa shape index (κ1) is 14.5. The molecule has 0 aromatic carbocycles. The number of aromatic nitrogens is 2. The molecule has 4 nitrogen and oxygen atoms in total. The van der Waals surface area contributed by atoms with Crippen LogP contribution in [0.2, 0.25) is 0 Å². The van der Waals surface area contributed by atoms with Crippen LogP contribution in [0.4, 0.5) is 0 Å². The van der Waals surface area contributed by atoms with E-state index in [1.165, 1.54) is 43.9 Å². The Hall–Kier alpha value is -0.870. The van der Waals surface area contributed by atoms with E-state index in [9.17, 15) is 0 Å². The lowest BCUT2D eigenvalue weighted by Gasteiger charge is -2.27. The summed E-state index contributed by atoms with van der Waals surface area (Å²) in [6.45, 7) is 9.91. The van der Waals surface area contributed by atoms with Gasteiger partial charge in [0.1, 0.15) is 0 Å². The van der Waals surface area contributed by atoms with Gasteiger partial charge in [0.25, 0.3) is 0 Å². The van der Waals surface area contributed by atoms with Gasteiger partial charge in [-0.05, 0) is 58.3 Å². The van der Waals surface area contributed by atoms with Gasteiger partial charge in [-0.25, -0.2) is 0 Å². The van der Waals surface area contributed by atoms with Crippen LogP contribution in [0.15, 0.2) is 6.07 Å². The van der Waals surface area contributed by atoms with Gasteiger partial charge in [-0.15, -0.1) is 0 Å². The van der Waals surface area contributed by atoms with Crippen molar-refractivity contribution >= 4 is 0 Å². The monoisotopic (exact) mass is 264 g/mol. The third-order valence-electron chi connectivity index (χ3n) is 4.04. The maximum atomic E-state index is 4.63. The molecular weight excluding hydrogens is 236 g/mol. The lowest BCUT2D eigenvalue weighted by atomic mass is 9.98. The van der Waals surface area contributed by atoms with Crippen LogP contribution in [0.5, 0.6) is 0 Å². The Morgan fingerprint density at radius 3 is 2.74 bits per heavy atom. The summed E-state index contributed by atoms with van der Waals surface area (Å²) in [6.07, 6.45) is 3.66. The number of nitrogens with zero attached hydrogens (tertiary/aromatic N) is 3. The van der Waals surface area contributed by atoms with Crippen LogP contribution in [0.3, 0.4) is 0 Å². The summed E-state index contributed by atoms with van der Waals surface area (Å²) in [5, 5.41) is 8.06. The van der Waals surface area contributed by atoms with Crippen molar-refractivity contribution < 1.29 is 0 Å². The first-order chi connectivity index (χ1) is 9.22. The van der Waals surface area contributed by atoms with E-state index in [-0.39, 0.29) is 0 Å². The average molecular weight is 264 g/mol. The molecule has 1 aromatic heterocycles. The van der Waals surface area contributed by atoms with Gasteiger partial charge in [0.2, 0.25) is 0 Å². The second kappa shape index (κ2) is 7.06. The number of hydrogen-bond acceptors (Lipinski definition) is 3. The quantitative estimate of drug-likeness (QED) is 0.852. The highest BCUT2D eigenvalue weighted by atomic mass is 15.3. The minimum Gasteiger partial charge on any atom is -0.317 e. The maximum Gasteiger partial charge on any atom is 0.0625 e. The molecule has 0 spiro atoms. The summed E-state index contributed by atoms with van der Waals surface area (Å²) < 4.78 is 2.15. The summed E-state index contributed by atoms with van der Waals surface area (Å²) in [5.41, 5.74) is 2.57. The molecule has 1 aliphatic heterocycles. The Morgan fingerprint density at radius 2 is 2.11 bits per heavy atom. The van der Waals surface area contributed by atoms with Gasteiger partial charge in [0.15, 0.2) is 0 Å². The summed E-state index contributed by atoms with van der Waals surface area (Å²) in [6, 6.07) is 2.27. The third-order valence-corrected chi connectivity index (χ3v) is 4.04. The Labute approximate surface area is 117 Å². The fraction of sp³-hybridized carbons (Fsp3) is 0.800. The zero-order chi connectivity index (χ0) is 13.7. The molecule has 0 amide bonds. The molecule has 1 aliphatic rings. The van der Waals surface area contributed by atoms with E-state index >= 15 is 0 Å². The highest BCUT2D eigenvalue weighted by molar-refractivity contribution is 5.10. The summed E-state index contributed by atoms with van der Waals surface area (Å²) in [4.78, 5) is 2.46. The molecule has 0 aliphatic carbocycles. The van der Waals surface area contributed by atoms with Crippen molar-refractivity contribution in [1.29, 1.82) is 0 Å². The molecule has 0 saturated carbocycles. The van der Waals surface area contributed by atoms with Crippen LogP contribution in [0.1, 0.15) is 38.1 Å². The van der Waals surface area contributed by atoms with E-state index in [0.717, 1.165) is 25.4 Å². The van der Waals surface area contributed by atoms with Crippen molar-refractivity contribution in [1.82, 2.24) is 20.0 Å². The normalized spacial score (nSPS) is 17.3. The first-order valence-corrected chi connectivity index (χ1v) is 7.67. The summed E-state index contributed by atoms with van der Waals surface area (Å²) >= 11 is 0. The largest absolute Gasteiger partial charge is 0.317 e. The molecule has 1 fully saturated rings. The second-order valence-electron chi connectivity index (χ2n) is 5.69. The smallest absolute Gasteiger partial charge is 0.0625 e. The van der Waals surface area contributed by atoms with Crippen LogP contribution in [0, 0.1) is 5.92 Å². The lowest BCUT2D eigenvalue weighted by molar-refractivity contribution is 0.230. The van der Waals surface area contributed by atoms with E-state index in [2.05, 4.69) is 47.0 Å². The Kier molecular flexibility index (Phi) is 5.40. The molecule has 1 aromatic rings. The lowest BCUT2D eigenvalue weighted by Crippen LogP contribution is -2.34. The Balaban J connectivity index is 1.90. The average Bonchev–Trinajstić information content (AvgIpc) is 2.82. The molecule has 2 heterocycles. The van der Waals surface area contributed by atoms with Gasteiger partial charge in [-0.3, -0.25) is 4.68 Å². The number of piperidine rings is 1. The van der Waals surface area contributed by atoms with Crippen LogP contribution < -0.4 is 5.32 Å². The molecule has 4 heteroatoms. The van der Waals surface area contributed by atoms with Gasteiger partial charge < -0.3 is 10.2 Å². The second-order valence-corrected chi connectivity index (χ2v) is 5.69. The Bertz CT molecular complexity index is 379. The van der Waals surface area contributed by atoms with Gasteiger partial charge in [0.05, 0.1) is 11.4 Å². The van der Waals surface area contributed by atoms with E-state index in [4.69, 9.17) is 0 Å². The number of nitrogens with one attached hydrogen (secondary N) is 1. The molecular formula is C15H28N4. The van der Waals surface area contributed by atoms with Crippen LogP contribution >= 0.6 is 0 Å². The molecule has 0 bridgehead atoms. The summed E-state index contributed by atoms with van der Waals surface area (Å²) in [5.74, 6) is 0.856. The first-order valence-electron chi connectivity index (χ1n) is 7.67. The van der Waals surface area contributed by atoms with Gasteiger partial charge in [0, 0.05) is 19.6 Å². The van der Waals surface area contributed by atoms with Crippen molar-refractivity contribution in [3.63, 3.8) is 0 Å². The minimum absolute atomic E-state index is 0.856. The molecule has 1 saturated heterocycles. The van der Waals surface area contributed by atoms with Crippen molar-refractivity contribution in [3.05, 3.63) is 17.5 Å². The predicted molar refractivity (Wildman–Crippen MR) is 79.2 cm³/mol. The maximum absolute atomic E-state index is 4.63. The molecule has 0 radical (unpaired) electrons. The van der Waals surface area contributed by atoms with E-state index in [1.54, 1.807) is 0 Å². The highest BCUT2D eigenvalue weighted by Crippen LogP contribution is 2.15. The van der Waals surface area contributed by atoms with Crippen molar-refractivity contribution in [2.24, 2.45) is 5.92 Å². The van der Waals surface area contributed by atoms with Gasteiger partial charge >= 0.3 is 0 Å². The third kappa shape index (κ3) is 4.05. The molecule has 19 heavy (non-hydrogen) atoms. The highest BCUT2D eigenvalue weighted by Gasteiger charge is 2.16. The number of rotatable bonds is 6. The van der Waals surface area contributed by atoms with E-state index in [0.29, 0.717) is 0 Å². The summed E-state index contributed by atoms with van der Waals surface area (Å²) in [7, 11) is 2.24. The predicted octanol–water partition coefficient (Wildman–Crippen LogP) is 1.90. The minimum atomic E-state index is 0.856.